The molecule has 2 rings (SSSR count). The Balaban J connectivity index is 2.11. The molecule has 0 radical (unpaired) electrons. The van der Waals surface area contributed by atoms with E-state index in [-0.39, 0.29) is 5.97 Å². The number of ether oxygens (including phenoxy) is 1. The molecule has 1 unspecified atom stereocenters. The van der Waals surface area contributed by atoms with Gasteiger partial charge in [0.25, 0.3) is 0 Å². The summed E-state index contributed by atoms with van der Waals surface area (Å²) in [5.41, 5.74) is 1.76. The molecule has 1 aromatic carbocycles. The average Bonchev–Trinajstić information content (AvgIpc) is 2.85. The number of hydrogen-bond donors (Lipinski definition) is 1. The molecule has 0 amide bonds. The Morgan fingerprint density at radius 1 is 1.42 bits per heavy atom. The Bertz CT molecular complexity index is 539. The Morgan fingerprint density at radius 3 is 2.74 bits per heavy atom. The standard InChI is InChI=1S/C13H16N4O2/c1-17-11(9-15-16-17)8-14-12(13(18)19-2)10-6-4-3-5-7-10/h3-7,9,12,14H,8H2,1-2H3. The molecule has 19 heavy (non-hydrogen) atoms. The van der Waals surface area contributed by atoms with Crippen LogP contribution in [0.1, 0.15) is 17.3 Å². The lowest BCUT2D eigenvalue weighted by Crippen LogP contribution is -2.29. The molecule has 1 aromatic heterocycles. The van der Waals surface area contributed by atoms with Crippen LogP contribution in [0.2, 0.25) is 0 Å². The van der Waals surface area contributed by atoms with Crippen molar-refractivity contribution in [3.8, 4) is 0 Å². The molecule has 0 aliphatic heterocycles. The first-order valence-electron chi connectivity index (χ1n) is 5.92. The van der Waals surface area contributed by atoms with E-state index in [1.54, 1.807) is 17.9 Å². The Morgan fingerprint density at radius 2 is 2.16 bits per heavy atom. The number of aryl methyl sites for hydroxylation is 1. The summed E-state index contributed by atoms with van der Waals surface area (Å²) >= 11 is 0. The number of carbonyl (C=O) groups excluding carboxylic acids is 1. The second kappa shape index (κ2) is 6.10. The van der Waals surface area contributed by atoms with Gasteiger partial charge in [-0.1, -0.05) is 35.5 Å². The van der Waals surface area contributed by atoms with Gasteiger partial charge in [0.1, 0.15) is 6.04 Å². The topological polar surface area (TPSA) is 69.0 Å². The van der Waals surface area contributed by atoms with Crippen LogP contribution in [0.3, 0.4) is 0 Å². The Hall–Kier alpha value is -2.21. The van der Waals surface area contributed by atoms with Crippen LogP contribution in [0.4, 0.5) is 0 Å². The zero-order valence-corrected chi connectivity index (χ0v) is 10.9. The molecular formula is C13H16N4O2. The van der Waals surface area contributed by atoms with Crippen LogP contribution in [0.25, 0.3) is 0 Å². The second-order valence-corrected chi connectivity index (χ2v) is 4.10. The van der Waals surface area contributed by atoms with E-state index in [2.05, 4.69) is 15.6 Å². The van der Waals surface area contributed by atoms with Gasteiger partial charge < -0.3 is 4.74 Å². The van der Waals surface area contributed by atoms with Gasteiger partial charge in [-0.3, -0.25) is 10.00 Å². The van der Waals surface area contributed by atoms with E-state index in [0.29, 0.717) is 6.54 Å². The lowest BCUT2D eigenvalue weighted by Gasteiger charge is -2.16. The quantitative estimate of drug-likeness (QED) is 0.806. The summed E-state index contributed by atoms with van der Waals surface area (Å²) < 4.78 is 6.49. The third-order valence-electron chi connectivity index (χ3n) is 2.87. The number of benzene rings is 1. The summed E-state index contributed by atoms with van der Waals surface area (Å²) in [4.78, 5) is 11.8. The highest BCUT2D eigenvalue weighted by Crippen LogP contribution is 2.14. The van der Waals surface area contributed by atoms with E-state index in [4.69, 9.17) is 4.74 Å². The normalized spacial score (nSPS) is 12.1. The van der Waals surface area contributed by atoms with Gasteiger partial charge in [-0.25, -0.2) is 4.79 Å². The van der Waals surface area contributed by atoms with E-state index in [1.165, 1.54) is 7.11 Å². The van der Waals surface area contributed by atoms with Crippen molar-refractivity contribution >= 4 is 5.97 Å². The van der Waals surface area contributed by atoms with E-state index in [9.17, 15) is 4.79 Å². The predicted octanol–water partition coefficient (Wildman–Crippen LogP) is 0.819. The van der Waals surface area contributed by atoms with Gasteiger partial charge in [0.2, 0.25) is 0 Å². The summed E-state index contributed by atoms with van der Waals surface area (Å²) in [7, 11) is 3.19. The molecule has 0 aliphatic rings. The fourth-order valence-electron chi connectivity index (χ4n) is 1.78. The molecule has 0 saturated carbocycles. The second-order valence-electron chi connectivity index (χ2n) is 4.10. The Labute approximate surface area is 111 Å². The maximum Gasteiger partial charge on any atom is 0.327 e. The van der Waals surface area contributed by atoms with Crippen LogP contribution < -0.4 is 5.32 Å². The number of esters is 1. The molecule has 0 fully saturated rings. The van der Waals surface area contributed by atoms with Gasteiger partial charge in [0.05, 0.1) is 19.0 Å². The van der Waals surface area contributed by atoms with Crippen molar-refractivity contribution in [2.45, 2.75) is 12.6 Å². The van der Waals surface area contributed by atoms with Gasteiger partial charge in [-0.05, 0) is 5.56 Å². The van der Waals surface area contributed by atoms with Crippen molar-refractivity contribution in [3.05, 3.63) is 47.8 Å². The summed E-state index contributed by atoms with van der Waals surface area (Å²) in [5, 5.41) is 10.8. The van der Waals surface area contributed by atoms with Crippen molar-refractivity contribution in [2.24, 2.45) is 7.05 Å². The lowest BCUT2D eigenvalue weighted by atomic mass is 10.1. The molecule has 2 aromatic rings. The highest BCUT2D eigenvalue weighted by atomic mass is 16.5. The molecular weight excluding hydrogens is 244 g/mol. The van der Waals surface area contributed by atoms with Crippen LogP contribution in [0.15, 0.2) is 36.5 Å². The van der Waals surface area contributed by atoms with E-state index >= 15 is 0 Å². The average molecular weight is 260 g/mol. The third-order valence-corrected chi connectivity index (χ3v) is 2.87. The molecule has 1 N–H and O–H groups in total. The van der Waals surface area contributed by atoms with Crippen molar-refractivity contribution in [1.29, 1.82) is 0 Å². The molecule has 0 saturated heterocycles. The monoisotopic (exact) mass is 260 g/mol. The number of hydrogen-bond acceptors (Lipinski definition) is 5. The smallest absolute Gasteiger partial charge is 0.327 e. The van der Waals surface area contributed by atoms with Crippen LogP contribution >= 0.6 is 0 Å². The maximum atomic E-state index is 11.8. The van der Waals surface area contributed by atoms with Crippen LogP contribution in [0.5, 0.6) is 0 Å². The number of nitrogens with one attached hydrogen (secondary N) is 1. The molecule has 6 heteroatoms. The van der Waals surface area contributed by atoms with Gasteiger partial charge in [0, 0.05) is 13.6 Å². The Kier molecular flexibility index (Phi) is 4.25. The number of rotatable bonds is 5. The zero-order valence-electron chi connectivity index (χ0n) is 10.9. The molecule has 1 atom stereocenters. The fraction of sp³-hybridized carbons (Fsp3) is 0.308. The molecule has 0 spiro atoms. The van der Waals surface area contributed by atoms with Crippen LogP contribution in [0, 0.1) is 0 Å². The molecule has 0 bridgehead atoms. The lowest BCUT2D eigenvalue weighted by molar-refractivity contribution is -0.143. The summed E-state index contributed by atoms with van der Waals surface area (Å²) in [5.74, 6) is -0.318. The van der Waals surface area contributed by atoms with Crippen LogP contribution in [-0.4, -0.2) is 28.1 Å². The van der Waals surface area contributed by atoms with Crippen molar-refractivity contribution in [2.75, 3.05) is 7.11 Å². The highest BCUT2D eigenvalue weighted by molar-refractivity contribution is 5.77. The fourth-order valence-corrected chi connectivity index (χ4v) is 1.78. The third kappa shape index (κ3) is 3.17. The summed E-state index contributed by atoms with van der Waals surface area (Å²) in [6.45, 7) is 0.484. The van der Waals surface area contributed by atoms with E-state index in [1.807, 2.05) is 30.3 Å². The molecule has 100 valence electrons. The first kappa shape index (κ1) is 13.2. The van der Waals surface area contributed by atoms with Gasteiger partial charge in [-0.15, -0.1) is 5.10 Å². The molecule has 1 heterocycles. The van der Waals surface area contributed by atoms with Crippen molar-refractivity contribution in [3.63, 3.8) is 0 Å². The van der Waals surface area contributed by atoms with Gasteiger partial charge in [-0.2, -0.15) is 0 Å². The number of aromatic nitrogens is 3. The first-order valence-corrected chi connectivity index (χ1v) is 5.92. The minimum Gasteiger partial charge on any atom is -0.468 e. The highest BCUT2D eigenvalue weighted by Gasteiger charge is 2.20. The first-order chi connectivity index (χ1) is 9.22. The number of methoxy groups -OCH3 is 1. The molecule has 0 aliphatic carbocycles. The van der Waals surface area contributed by atoms with Gasteiger partial charge >= 0.3 is 5.97 Å². The summed E-state index contributed by atoms with van der Waals surface area (Å²) in [6.07, 6.45) is 1.66. The summed E-state index contributed by atoms with van der Waals surface area (Å²) in [6, 6.07) is 8.95. The van der Waals surface area contributed by atoms with Gasteiger partial charge in [0.15, 0.2) is 0 Å². The minimum absolute atomic E-state index is 0.318. The van der Waals surface area contributed by atoms with Crippen molar-refractivity contribution < 1.29 is 9.53 Å². The van der Waals surface area contributed by atoms with Crippen molar-refractivity contribution in [1.82, 2.24) is 20.3 Å². The molecule has 6 nitrogen and oxygen atoms in total. The zero-order chi connectivity index (χ0) is 13.7. The number of nitrogens with zero attached hydrogens (tertiary/aromatic N) is 3. The largest absolute Gasteiger partial charge is 0.468 e. The minimum atomic E-state index is -0.499. The predicted molar refractivity (Wildman–Crippen MR) is 69.0 cm³/mol. The van der Waals surface area contributed by atoms with Crippen LogP contribution in [-0.2, 0) is 23.1 Å². The SMILES string of the molecule is COC(=O)C(NCc1cnnn1C)c1ccccc1. The number of carbonyl (C=O) groups is 1. The maximum absolute atomic E-state index is 11.8. The van der Waals surface area contributed by atoms with E-state index < -0.39 is 6.04 Å². The van der Waals surface area contributed by atoms with E-state index in [0.717, 1.165) is 11.3 Å².